The summed E-state index contributed by atoms with van der Waals surface area (Å²) in [5.41, 5.74) is 7.86. The van der Waals surface area contributed by atoms with Crippen LogP contribution in [-0.2, 0) is 0 Å². The van der Waals surface area contributed by atoms with Gasteiger partial charge in [0, 0.05) is 11.1 Å². The fourth-order valence-corrected chi connectivity index (χ4v) is 2.82. The molecule has 3 N–H and O–H groups in total. The molecule has 1 atom stereocenters. The highest BCUT2D eigenvalue weighted by atomic mass is 32.1. The number of aromatic nitrogens is 1. The maximum atomic E-state index is 6.06. The molecule has 4 heteroatoms. The Balaban J connectivity index is 2.27. The molecule has 1 unspecified atom stereocenters. The molecule has 2 aromatic rings. The van der Waals surface area contributed by atoms with Crippen LogP contribution in [0.3, 0.4) is 0 Å². The van der Waals surface area contributed by atoms with Crippen LogP contribution in [-0.4, -0.2) is 4.98 Å². The molecule has 3 nitrogen and oxygen atoms in total. The van der Waals surface area contributed by atoms with Crippen LogP contribution in [0.2, 0.25) is 0 Å². The Labute approximate surface area is 112 Å². The molecule has 0 saturated heterocycles. The van der Waals surface area contributed by atoms with E-state index in [1.165, 1.54) is 4.88 Å². The summed E-state index contributed by atoms with van der Waals surface area (Å²) in [4.78, 5) is 5.65. The van der Waals surface area contributed by atoms with Crippen molar-refractivity contribution in [2.75, 3.05) is 11.1 Å². The Morgan fingerprint density at radius 2 is 2.11 bits per heavy atom. The molecule has 18 heavy (non-hydrogen) atoms. The largest absolute Gasteiger partial charge is 0.396 e. The Bertz CT molecular complexity index is 506. The second-order valence-corrected chi connectivity index (χ2v) is 5.75. The zero-order chi connectivity index (χ0) is 13.1. The van der Waals surface area contributed by atoms with Gasteiger partial charge in [0.15, 0.2) is 0 Å². The number of anilines is 2. The van der Waals surface area contributed by atoms with Crippen molar-refractivity contribution in [3.8, 4) is 0 Å². The predicted molar refractivity (Wildman–Crippen MR) is 78.9 cm³/mol. The molecule has 0 aliphatic heterocycles. The lowest BCUT2D eigenvalue weighted by atomic mass is 10.0. The first-order chi connectivity index (χ1) is 8.59. The van der Waals surface area contributed by atoms with Crippen LogP contribution < -0.4 is 11.1 Å². The molecule has 0 spiro atoms. The number of hydrogen-bond donors (Lipinski definition) is 2. The van der Waals surface area contributed by atoms with Gasteiger partial charge in [-0.05, 0) is 35.9 Å². The third kappa shape index (κ3) is 2.64. The highest BCUT2D eigenvalue weighted by molar-refractivity contribution is 7.10. The maximum Gasteiger partial charge on any atom is 0.149 e. The molecule has 0 amide bonds. The lowest BCUT2D eigenvalue weighted by Crippen LogP contribution is -2.17. The fourth-order valence-electron chi connectivity index (χ4n) is 1.87. The minimum atomic E-state index is 0.251. The van der Waals surface area contributed by atoms with Gasteiger partial charge in [0.2, 0.25) is 0 Å². The molecule has 0 fully saturated rings. The highest BCUT2D eigenvalue weighted by Gasteiger charge is 2.18. The van der Waals surface area contributed by atoms with Gasteiger partial charge in [0.05, 0.1) is 11.7 Å². The molecule has 0 aromatic carbocycles. The molecule has 0 aliphatic rings. The monoisotopic (exact) mass is 261 g/mol. The van der Waals surface area contributed by atoms with Gasteiger partial charge in [-0.2, -0.15) is 0 Å². The first-order valence-corrected chi connectivity index (χ1v) is 6.98. The lowest BCUT2D eigenvalue weighted by molar-refractivity contribution is 0.552. The van der Waals surface area contributed by atoms with E-state index in [-0.39, 0.29) is 6.04 Å². The van der Waals surface area contributed by atoms with Gasteiger partial charge in [0.25, 0.3) is 0 Å². The Morgan fingerprint density at radius 1 is 1.33 bits per heavy atom. The predicted octanol–water partition coefficient (Wildman–Crippen LogP) is 3.84. The second-order valence-electron chi connectivity index (χ2n) is 4.77. The van der Waals surface area contributed by atoms with E-state index in [9.17, 15) is 0 Å². The number of nitrogens with two attached hydrogens (primary N) is 1. The second kappa shape index (κ2) is 5.40. The first kappa shape index (κ1) is 12.9. The molecular formula is C14H19N3S. The number of aryl methyl sites for hydroxylation is 1. The first-order valence-electron chi connectivity index (χ1n) is 6.10. The van der Waals surface area contributed by atoms with Crippen LogP contribution >= 0.6 is 11.3 Å². The summed E-state index contributed by atoms with van der Waals surface area (Å²) >= 11 is 1.76. The van der Waals surface area contributed by atoms with Crippen molar-refractivity contribution in [3.63, 3.8) is 0 Å². The lowest BCUT2D eigenvalue weighted by Gasteiger charge is -2.23. The summed E-state index contributed by atoms with van der Waals surface area (Å²) in [5.74, 6) is 1.26. The number of rotatable bonds is 4. The molecule has 2 aromatic heterocycles. The Morgan fingerprint density at radius 3 is 2.72 bits per heavy atom. The Hall–Kier alpha value is -1.55. The summed E-state index contributed by atoms with van der Waals surface area (Å²) in [5, 5.41) is 5.56. The Kier molecular flexibility index (Phi) is 3.87. The summed E-state index contributed by atoms with van der Waals surface area (Å²) in [6.45, 7) is 6.39. The summed E-state index contributed by atoms with van der Waals surface area (Å²) in [6, 6.07) is 6.40. The standard InChI is InChI=1S/C14H19N3S/c1-9(2)13(11-5-4-8-18-11)17-14-12(15)10(3)6-7-16-14/h4-9,13H,15H2,1-3H3,(H,16,17). The van der Waals surface area contributed by atoms with Gasteiger partial charge in [-0.3, -0.25) is 0 Å². The number of nitrogens with zero attached hydrogens (tertiary/aromatic N) is 1. The molecule has 0 aliphatic carbocycles. The van der Waals surface area contributed by atoms with Crippen molar-refractivity contribution < 1.29 is 0 Å². The molecule has 2 heterocycles. The summed E-state index contributed by atoms with van der Waals surface area (Å²) in [7, 11) is 0. The summed E-state index contributed by atoms with van der Waals surface area (Å²) < 4.78 is 0. The van der Waals surface area contributed by atoms with Crippen molar-refractivity contribution >= 4 is 22.8 Å². The van der Waals surface area contributed by atoms with E-state index in [1.807, 2.05) is 13.0 Å². The van der Waals surface area contributed by atoms with Crippen molar-refractivity contribution in [2.24, 2.45) is 5.92 Å². The van der Waals surface area contributed by atoms with E-state index in [0.29, 0.717) is 5.92 Å². The number of pyridine rings is 1. The zero-order valence-corrected chi connectivity index (χ0v) is 11.8. The smallest absolute Gasteiger partial charge is 0.149 e. The van der Waals surface area contributed by atoms with Crippen LogP contribution in [0, 0.1) is 12.8 Å². The number of hydrogen-bond acceptors (Lipinski definition) is 4. The van der Waals surface area contributed by atoms with Gasteiger partial charge in [-0.15, -0.1) is 11.3 Å². The van der Waals surface area contributed by atoms with Crippen LogP contribution in [0.4, 0.5) is 11.5 Å². The van der Waals surface area contributed by atoms with Gasteiger partial charge >= 0.3 is 0 Å². The van der Waals surface area contributed by atoms with Gasteiger partial charge < -0.3 is 11.1 Å². The third-order valence-corrected chi connectivity index (χ3v) is 3.97. The van der Waals surface area contributed by atoms with Crippen molar-refractivity contribution in [1.29, 1.82) is 0 Å². The van der Waals surface area contributed by atoms with Gasteiger partial charge in [-0.25, -0.2) is 4.98 Å². The molecular weight excluding hydrogens is 242 g/mol. The van der Waals surface area contributed by atoms with Crippen LogP contribution in [0.1, 0.15) is 30.3 Å². The summed E-state index contributed by atoms with van der Waals surface area (Å²) in [6.07, 6.45) is 1.79. The topological polar surface area (TPSA) is 50.9 Å². The number of thiophene rings is 1. The van der Waals surface area contributed by atoms with E-state index in [2.05, 4.69) is 41.7 Å². The SMILES string of the molecule is Cc1ccnc(NC(c2cccs2)C(C)C)c1N. The third-order valence-electron chi connectivity index (χ3n) is 3.02. The molecule has 0 saturated carbocycles. The molecule has 2 rings (SSSR count). The van der Waals surface area contributed by atoms with E-state index in [0.717, 1.165) is 17.1 Å². The van der Waals surface area contributed by atoms with Gasteiger partial charge in [0.1, 0.15) is 5.82 Å². The van der Waals surface area contributed by atoms with E-state index in [1.54, 1.807) is 17.5 Å². The van der Waals surface area contributed by atoms with Crippen molar-refractivity contribution in [3.05, 3.63) is 40.2 Å². The van der Waals surface area contributed by atoms with Crippen LogP contribution in [0.15, 0.2) is 29.8 Å². The average Bonchev–Trinajstić information content (AvgIpc) is 2.84. The average molecular weight is 261 g/mol. The van der Waals surface area contributed by atoms with Crippen molar-refractivity contribution in [2.45, 2.75) is 26.8 Å². The number of nitrogen functional groups attached to an aromatic ring is 1. The normalized spacial score (nSPS) is 12.7. The molecule has 0 bridgehead atoms. The van der Waals surface area contributed by atoms with E-state index in [4.69, 9.17) is 5.73 Å². The van der Waals surface area contributed by atoms with Crippen LogP contribution in [0.5, 0.6) is 0 Å². The minimum Gasteiger partial charge on any atom is -0.396 e. The maximum absolute atomic E-state index is 6.06. The number of nitrogens with one attached hydrogen (secondary N) is 1. The molecule has 96 valence electrons. The van der Waals surface area contributed by atoms with Gasteiger partial charge in [-0.1, -0.05) is 19.9 Å². The minimum absolute atomic E-state index is 0.251. The van der Waals surface area contributed by atoms with Crippen molar-refractivity contribution in [1.82, 2.24) is 4.98 Å². The zero-order valence-electron chi connectivity index (χ0n) is 11.0. The van der Waals surface area contributed by atoms with E-state index >= 15 is 0 Å². The quantitative estimate of drug-likeness (QED) is 0.879. The highest BCUT2D eigenvalue weighted by Crippen LogP contribution is 2.31. The van der Waals surface area contributed by atoms with E-state index < -0.39 is 0 Å². The fraction of sp³-hybridized carbons (Fsp3) is 0.357. The molecule has 0 radical (unpaired) electrons. The van der Waals surface area contributed by atoms with Crippen LogP contribution in [0.25, 0.3) is 0 Å².